The molecule has 75 heavy (non-hydrogen) atoms. The lowest BCUT2D eigenvalue weighted by atomic mass is 9.38. The van der Waals surface area contributed by atoms with Crippen LogP contribution in [0.25, 0.3) is 89.4 Å². The van der Waals surface area contributed by atoms with Crippen LogP contribution in [-0.2, 0) is 10.8 Å². The van der Waals surface area contributed by atoms with Gasteiger partial charge in [-0.25, -0.2) is 15.0 Å². The molecule has 0 saturated heterocycles. The predicted octanol–water partition coefficient (Wildman–Crippen LogP) is 17.4. The Labute approximate surface area is 438 Å². The Bertz CT molecular complexity index is 4010. The summed E-state index contributed by atoms with van der Waals surface area (Å²) < 4.78 is 0. The Morgan fingerprint density at radius 1 is 0.267 bits per heavy atom. The van der Waals surface area contributed by atoms with Crippen molar-refractivity contribution >= 4 is 10.8 Å². The van der Waals surface area contributed by atoms with Crippen LogP contribution in [-0.4, -0.2) is 15.0 Å². The maximum absolute atomic E-state index is 5.28. The van der Waals surface area contributed by atoms with Crippen molar-refractivity contribution in [3.8, 4) is 78.7 Å². The van der Waals surface area contributed by atoms with Crippen molar-refractivity contribution in [1.29, 1.82) is 0 Å². The van der Waals surface area contributed by atoms with Gasteiger partial charge in [0.25, 0.3) is 0 Å². The van der Waals surface area contributed by atoms with Crippen LogP contribution in [0.2, 0.25) is 0 Å². The molecule has 6 aliphatic carbocycles. The lowest BCUT2D eigenvalue weighted by Crippen LogP contribution is -2.59. The van der Waals surface area contributed by atoms with Crippen molar-refractivity contribution in [2.75, 3.05) is 0 Å². The third-order valence-corrected chi connectivity index (χ3v) is 18.6. The van der Waals surface area contributed by atoms with E-state index in [4.69, 9.17) is 15.0 Å². The number of hydrogen-bond donors (Lipinski definition) is 0. The summed E-state index contributed by atoms with van der Waals surface area (Å²) in [5.74, 6) is 4.97. The van der Waals surface area contributed by atoms with E-state index in [9.17, 15) is 0 Å². The molecular weight excluding hydrogens is 907 g/mol. The summed E-state index contributed by atoms with van der Waals surface area (Å²) in [6, 6.07) is 87.9. The monoisotopic (exact) mass is 959 g/mol. The predicted molar refractivity (Wildman–Crippen MR) is 305 cm³/mol. The number of benzene rings is 10. The summed E-state index contributed by atoms with van der Waals surface area (Å²) in [6.45, 7) is 0. The van der Waals surface area contributed by atoms with Crippen LogP contribution in [0.4, 0.5) is 0 Å². The third kappa shape index (κ3) is 6.25. The van der Waals surface area contributed by atoms with Gasteiger partial charge in [0.15, 0.2) is 17.5 Å². The molecule has 0 atom stereocenters. The van der Waals surface area contributed by atoms with Crippen LogP contribution >= 0.6 is 0 Å². The maximum Gasteiger partial charge on any atom is 0.164 e. The molecule has 10 aromatic carbocycles. The Kier molecular flexibility index (Phi) is 9.44. The normalized spacial score (nSPS) is 21.0. The van der Waals surface area contributed by atoms with E-state index in [0.717, 1.165) is 50.4 Å². The molecule has 4 fully saturated rings. The topological polar surface area (TPSA) is 38.7 Å². The molecule has 0 amide bonds. The summed E-state index contributed by atoms with van der Waals surface area (Å²) in [6.07, 6.45) is 6.81. The molecule has 1 aromatic heterocycles. The van der Waals surface area contributed by atoms with Crippen molar-refractivity contribution in [1.82, 2.24) is 15.0 Å². The molecule has 6 aliphatic rings. The zero-order chi connectivity index (χ0) is 49.2. The van der Waals surface area contributed by atoms with Gasteiger partial charge in [0.2, 0.25) is 0 Å². The van der Waals surface area contributed by atoms with Gasteiger partial charge in [-0.15, -0.1) is 0 Å². The molecule has 0 radical (unpaired) electrons. The Morgan fingerprint density at radius 2 is 0.720 bits per heavy atom. The molecule has 356 valence electrons. The molecule has 0 unspecified atom stereocenters. The van der Waals surface area contributed by atoms with E-state index >= 15 is 0 Å². The molecule has 3 nitrogen and oxygen atoms in total. The van der Waals surface area contributed by atoms with Crippen molar-refractivity contribution in [2.45, 2.75) is 42.9 Å². The zero-order valence-electron chi connectivity index (χ0n) is 41.7. The number of aromatic nitrogens is 3. The van der Waals surface area contributed by atoms with Crippen LogP contribution in [0.3, 0.4) is 0 Å². The first-order chi connectivity index (χ1) is 37.1. The van der Waals surface area contributed by atoms with Crippen LogP contribution < -0.4 is 0 Å². The fourth-order valence-electron chi connectivity index (χ4n) is 15.9. The third-order valence-electron chi connectivity index (χ3n) is 18.6. The highest BCUT2D eigenvalue weighted by Gasteiger charge is 2.64. The van der Waals surface area contributed by atoms with Crippen molar-refractivity contribution < 1.29 is 0 Å². The average Bonchev–Trinajstić information content (AvgIpc) is 3.81. The summed E-state index contributed by atoms with van der Waals surface area (Å²) in [4.78, 5) is 15.6. The van der Waals surface area contributed by atoms with Crippen LogP contribution in [0.15, 0.2) is 237 Å². The van der Waals surface area contributed by atoms with Crippen molar-refractivity contribution in [2.24, 2.45) is 23.7 Å². The number of hydrogen-bond acceptors (Lipinski definition) is 3. The summed E-state index contributed by atoms with van der Waals surface area (Å²) >= 11 is 0. The molecular formula is C72H53N3. The molecule has 4 saturated carbocycles. The van der Waals surface area contributed by atoms with Gasteiger partial charge in [-0.05, 0) is 163 Å². The second-order valence-electron chi connectivity index (χ2n) is 22.2. The summed E-state index contributed by atoms with van der Waals surface area (Å²) in [5, 5.41) is 2.27. The van der Waals surface area contributed by atoms with E-state index in [1.54, 1.807) is 11.1 Å². The first-order valence-corrected chi connectivity index (χ1v) is 27.2. The lowest BCUT2D eigenvalue weighted by molar-refractivity contribution is -0.0440. The van der Waals surface area contributed by atoms with Gasteiger partial charge in [-0.1, -0.05) is 218 Å². The summed E-state index contributed by atoms with van der Waals surface area (Å²) in [5.41, 5.74) is 21.5. The smallest absolute Gasteiger partial charge is 0.164 e. The van der Waals surface area contributed by atoms with Gasteiger partial charge in [-0.2, -0.15) is 0 Å². The van der Waals surface area contributed by atoms with Crippen molar-refractivity contribution in [3.05, 3.63) is 270 Å². The Hall–Kier alpha value is -8.53. The SMILES string of the molecule is c1ccc(-c2nc(-c3cccc(-c4ccc(-c5ccc6c(c5)C5(c7ccccc7C67c6ccccc6-c6ccccc67)C6CC7CC(C6)CC5C7)cc4)c3)nc(-c3ccc(-c4ccccc4)c4ccccc34)n2)cc1. The van der Waals surface area contributed by atoms with Gasteiger partial charge < -0.3 is 0 Å². The van der Waals surface area contributed by atoms with Crippen molar-refractivity contribution in [3.63, 3.8) is 0 Å². The van der Waals surface area contributed by atoms with Gasteiger partial charge >= 0.3 is 0 Å². The molecule has 11 aromatic rings. The number of rotatable bonds is 6. The molecule has 1 heterocycles. The largest absolute Gasteiger partial charge is 0.208 e. The van der Waals surface area contributed by atoms with Gasteiger partial charge in [0.05, 0.1) is 5.41 Å². The van der Waals surface area contributed by atoms with Crippen LogP contribution in [0.5, 0.6) is 0 Å². The number of fused-ring (bicyclic) bond motifs is 10. The fourth-order valence-corrected chi connectivity index (χ4v) is 15.9. The minimum Gasteiger partial charge on any atom is -0.208 e. The Morgan fingerprint density at radius 3 is 1.37 bits per heavy atom. The highest BCUT2D eigenvalue weighted by molar-refractivity contribution is 6.04. The quantitative estimate of drug-likeness (QED) is 0.167. The van der Waals surface area contributed by atoms with Gasteiger partial charge in [0, 0.05) is 22.1 Å². The molecule has 17 rings (SSSR count). The lowest BCUT2D eigenvalue weighted by Gasteiger charge is -2.65. The van der Waals surface area contributed by atoms with Gasteiger partial charge in [0.1, 0.15) is 0 Å². The second-order valence-corrected chi connectivity index (χ2v) is 22.2. The molecule has 3 heteroatoms. The first-order valence-electron chi connectivity index (χ1n) is 27.2. The van der Waals surface area contributed by atoms with E-state index in [1.807, 2.05) is 18.2 Å². The fraction of sp³-hybridized carbons (Fsp3) is 0.153. The summed E-state index contributed by atoms with van der Waals surface area (Å²) in [7, 11) is 0. The first kappa shape index (κ1) is 42.9. The highest BCUT2D eigenvalue weighted by Crippen LogP contribution is 2.71. The number of nitrogens with zero attached hydrogens (tertiary/aromatic N) is 3. The van der Waals surface area contributed by atoms with E-state index in [0.29, 0.717) is 29.3 Å². The molecule has 2 spiro atoms. The van der Waals surface area contributed by atoms with Crippen LogP contribution in [0.1, 0.15) is 65.5 Å². The average molecular weight is 960 g/mol. The van der Waals surface area contributed by atoms with E-state index in [2.05, 4.69) is 218 Å². The van der Waals surface area contributed by atoms with E-state index in [-0.39, 0.29) is 10.8 Å². The van der Waals surface area contributed by atoms with E-state index < -0.39 is 0 Å². The van der Waals surface area contributed by atoms with Crippen LogP contribution in [0, 0.1) is 23.7 Å². The standard InChI is InChI=1S/C72H53N3/c1-3-16-49(17-4-1)56-35-36-61(58-23-8-7-22-57(56)58)70-74-68(50-18-5-2-6-19-50)73-69(75-70)53-21-15-20-51(43-53)47-30-32-48(33-31-47)52-34-37-66-67(44-52)71(54-39-45-38-46(41-54)42-55(71)40-45)64-28-13-14-29-65(64)72(66)62-26-11-9-24-59(62)60-25-10-12-27-63(60)72/h1-37,43-46,54-55H,38-42H2. The van der Waals surface area contributed by atoms with E-state index in [1.165, 1.54) is 87.7 Å². The minimum atomic E-state index is -0.381. The van der Waals surface area contributed by atoms with Gasteiger partial charge in [-0.3, -0.25) is 0 Å². The molecule has 4 bridgehead atoms. The zero-order valence-corrected chi connectivity index (χ0v) is 41.7. The minimum absolute atomic E-state index is 0.0125. The molecule has 0 aliphatic heterocycles. The second kappa shape index (κ2) is 16.5. The Balaban J connectivity index is 0.809. The maximum atomic E-state index is 5.28. The highest BCUT2D eigenvalue weighted by atomic mass is 15.0. The molecule has 0 N–H and O–H groups in total.